The van der Waals surface area contributed by atoms with Gasteiger partial charge in [-0.15, -0.1) is 0 Å². The minimum atomic E-state index is -3.75. The van der Waals surface area contributed by atoms with Crippen molar-refractivity contribution in [1.29, 1.82) is 0 Å². The molecule has 0 saturated carbocycles. The minimum Gasteiger partial charge on any atom is -0.325 e. The molecule has 0 radical (unpaired) electrons. The van der Waals surface area contributed by atoms with Crippen LogP contribution in [0.3, 0.4) is 0 Å². The molecular formula is C17H17ClF2N2O3S. The Balaban J connectivity index is 1.88. The van der Waals surface area contributed by atoms with E-state index < -0.39 is 21.7 Å². The second-order valence-corrected chi connectivity index (χ2v) is 8.01. The van der Waals surface area contributed by atoms with Crippen molar-refractivity contribution in [3.63, 3.8) is 0 Å². The van der Waals surface area contributed by atoms with Gasteiger partial charge in [0.2, 0.25) is 15.9 Å². The number of nitrogens with zero attached hydrogens (tertiary/aromatic N) is 1. The first-order valence-corrected chi connectivity index (χ1v) is 9.49. The topological polar surface area (TPSA) is 66.5 Å². The second kappa shape index (κ2) is 8.57. The van der Waals surface area contributed by atoms with Crippen LogP contribution < -0.4 is 5.32 Å². The van der Waals surface area contributed by atoms with Crippen molar-refractivity contribution in [3.05, 3.63) is 59.1 Å². The highest BCUT2D eigenvalue weighted by molar-refractivity contribution is 7.89. The van der Waals surface area contributed by atoms with Crippen molar-refractivity contribution in [2.45, 2.75) is 17.7 Å². The summed E-state index contributed by atoms with van der Waals surface area (Å²) in [6, 6.07) is 8.11. The van der Waals surface area contributed by atoms with Gasteiger partial charge in [-0.2, -0.15) is 0 Å². The standard InChI is InChI=1S/C17H17ClF2N2O3S/c1-22(26(24,25)14-7-4-12(19)5-8-14)10-2-3-17(23)21-16-9-6-13(20)11-15(16)18/h4-9,11H,2-3,10H2,1H3,(H,21,23). The van der Waals surface area contributed by atoms with Crippen LogP contribution in [0.5, 0.6) is 0 Å². The Morgan fingerprint density at radius 1 is 1.12 bits per heavy atom. The van der Waals surface area contributed by atoms with Crippen molar-refractivity contribution >= 4 is 33.2 Å². The molecule has 0 unspecified atom stereocenters. The number of carbonyl (C=O) groups excluding carboxylic acids is 1. The van der Waals surface area contributed by atoms with Gasteiger partial charge in [0.05, 0.1) is 15.6 Å². The Bertz CT molecular complexity index is 889. The summed E-state index contributed by atoms with van der Waals surface area (Å²) >= 11 is 5.83. The molecular weight excluding hydrogens is 386 g/mol. The van der Waals surface area contributed by atoms with E-state index in [1.165, 1.54) is 31.3 Å². The SMILES string of the molecule is CN(CCCC(=O)Nc1ccc(F)cc1Cl)S(=O)(=O)c1ccc(F)cc1. The summed E-state index contributed by atoms with van der Waals surface area (Å²) in [4.78, 5) is 11.9. The molecule has 5 nitrogen and oxygen atoms in total. The van der Waals surface area contributed by atoms with Crippen LogP contribution in [0.4, 0.5) is 14.5 Å². The predicted molar refractivity (Wildman–Crippen MR) is 95.5 cm³/mol. The fraction of sp³-hybridized carbons (Fsp3) is 0.235. The third-order valence-corrected chi connectivity index (χ3v) is 5.79. The highest BCUT2D eigenvalue weighted by atomic mass is 35.5. The zero-order valence-electron chi connectivity index (χ0n) is 13.9. The van der Waals surface area contributed by atoms with Gasteiger partial charge in [-0.05, 0) is 48.9 Å². The van der Waals surface area contributed by atoms with E-state index in [4.69, 9.17) is 11.6 Å². The minimum absolute atomic E-state index is 0.0241. The molecule has 9 heteroatoms. The Morgan fingerprint density at radius 3 is 2.35 bits per heavy atom. The number of rotatable bonds is 7. The van der Waals surface area contributed by atoms with Gasteiger partial charge in [-0.1, -0.05) is 11.6 Å². The van der Waals surface area contributed by atoms with Gasteiger partial charge in [0.25, 0.3) is 0 Å². The summed E-state index contributed by atoms with van der Waals surface area (Å²) in [5.74, 6) is -1.41. The zero-order valence-corrected chi connectivity index (χ0v) is 15.4. The van der Waals surface area contributed by atoms with E-state index in [-0.39, 0.29) is 40.9 Å². The van der Waals surface area contributed by atoms with Crippen LogP contribution in [0.1, 0.15) is 12.8 Å². The van der Waals surface area contributed by atoms with E-state index in [0.29, 0.717) is 0 Å². The molecule has 2 aromatic rings. The lowest BCUT2D eigenvalue weighted by molar-refractivity contribution is -0.116. The van der Waals surface area contributed by atoms with Crippen LogP contribution >= 0.6 is 11.6 Å². The number of hydrogen-bond acceptors (Lipinski definition) is 3. The van der Waals surface area contributed by atoms with Gasteiger partial charge in [0.1, 0.15) is 11.6 Å². The number of carbonyl (C=O) groups is 1. The molecule has 1 amide bonds. The van der Waals surface area contributed by atoms with Crippen molar-refractivity contribution in [1.82, 2.24) is 4.31 Å². The Labute approximate surface area is 155 Å². The maximum Gasteiger partial charge on any atom is 0.242 e. The summed E-state index contributed by atoms with van der Waals surface area (Å²) in [5.41, 5.74) is 0.283. The molecule has 0 atom stereocenters. The summed E-state index contributed by atoms with van der Waals surface area (Å²) in [6.45, 7) is 0.101. The third kappa shape index (κ3) is 5.23. The number of anilines is 1. The van der Waals surface area contributed by atoms with Crippen molar-refractivity contribution in [2.24, 2.45) is 0 Å². The molecule has 0 saturated heterocycles. The molecule has 2 aromatic carbocycles. The first-order chi connectivity index (χ1) is 12.2. The molecule has 2 rings (SSSR count). The maximum absolute atomic E-state index is 13.0. The summed E-state index contributed by atoms with van der Waals surface area (Å²) in [5, 5.41) is 2.62. The van der Waals surface area contributed by atoms with Crippen LogP contribution in [0.2, 0.25) is 5.02 Å². The molecule has 0 fully saturated rings. The van der Waals surface area contributed by atoms with Gasteiger partial charge >= 0.3 is 0 Å². The number of nitrogens with one attached hydrogen (secondary N) is 1. The fourth-order valence-electron chi connectivity index (χ4n) is 2.17. The van der Waals surface area contributed by atoms with E-state index in [1.807, 2.05) is 0 Å². The highest BCUT2D eigenvalue weighted by Gasteiger charge is 2.20. The first-order valence-electron chi connectivity index (χ1n) is 7.67. The summed E-state index contributed by atoms with van der Waals surface area (Å²) in [7, 11) is -2.37. The Morgan fingerprint density at radius 2 is 1.73 bits per heavy atom. The zero-order chi connectivity index (χ0) is 19.3. The molecule has 0 aliphatic carbocycles. The third-order valence-electron chi connectivity index (χ3n) is 3.60. The van der Waals surface area contributed by atoms with E-state index >= 15 is 0 Å². The number of benzene rings is 2. The molecule has 0 spiro atoms. The number of amides is 1. The molecule has 140 valence electrons. The van der Waals surface area contributed by atoms with Crippen LogP contribution in [-0.4, -0.2) is 32.2 Å². The quantitative estimate of drug-likeness (QED) is 0.768. The molecule has 0 bridgehead atoms. The lowest BCUT2D eigenvalue weighted by Gasteiger charge is -2.17. The fourth-order valence-corrected chi connectivity index (χ4v) is 3.60. The number of sulfonamides is 1. The molecule has 0 aliphatic heterocycles. The molecule has 0 aliphatic rings. The molecule has 1 N–H and O–H groups in total. The average molecular weight is 403 g/mol. The maximum atomic E-state index is 13.0. The Hall–Kier alpha value is -2.03. The van der Waals surface area contributed by atoms with Gasteiger partial charge in [0.15, 0.2) is 0 Å². The van der Waals surface area contributed by atoms with Gasteiger partial charge in [0, 0.05) is 20.0 Å². The van der Waals surface area contributed by atoms with E-state index in [9.17, 15) is 22.0 Å². The lowest BCUT2D eigenvalue weighted by Crippen LogP contribution is -2.28. The second-order valence-electron chi connectivity index (χ2n) is 5.56. The smallest absolute Gasteiger partial charge is 0.242 e. The predicted octanol–water partition coefficient (Wildman–Crippen LogP) is 3.66. The van der Waals surface area contributed by atoms with Crippen LogP contribution in [0, 0.1) is 11.6 Å². The van der Waals surface area contributed by atoms with Crippen LogP contribution in [-0.2, 0) is 14.8 Å². The van der Waals surface area contributed by atoms with E-state index in [0.717, 1.165) is 22.5 Å². The van der Waals surface area contributed by atoms with Gasteiger partial charge in [-0.3, -0.25) is 4.79 Å². The van der Waals surface area contributed by atoms with Crippen molar-refractivity contribution < 1.29 is 22.0 Å². The summed E-state index contributed by atoms with van der Waals surface area (Å²) < 4.78 is 51.7. The van der Waals surface area contributed by atoms with E-state index in [2.05, 4.69) is 5.32 Å². The average Bonchev–Trinajstić information content (AvgIpc) is 2.57. The van der Waals surface area contributed by atoms with E-state index in [1.54, 1.807) is 0 Å². The Kier molecular flexibility index (Phi) is 6.69. The number of halogens is 3. The highest BCUT2D eigenvalue weighted by Crippen LogP contribution is 2.22. The monoisotopic (exact) mass is 402 g/mol. The van der Waals surface area contributed by atoms with Crippen LogP contribution in [0.25, 0.3) is 0 Å². The van der Waals surface area contributed by atoms with Crippen LogP contribution in [0.15, 0.2) is 47.4 Å². The molecule has 26 heavy (non-hydrogen) atoms. The van der Waals surface area contributed by atoms with Crippen molar-refractivity contribution in [3.8, 4) is 0 Å². The number of hydrogen-bond donors (Lipinski definition) is 1. The first kappa shape index (κ1) is 20.3. The molecule has 0 aromatic heterocycles. The largest absolute Gasteiger partial charge is 0.325 e. The lowest BCUT2D eigenvalue weighted by atomic mass is 10.2. The molecule has 0 heterocycles. The van der Waals surface area contributed by atoms with Crippen molar-refractivity contribution in [2.75, 3.05) is 18.9 Å². The van der Waals surface area contributed by atoms with Gasteiger partial charge in [-0.25, -0.2) is 21.5 Å². The van der Waals surface area contributed by atoms with Gasteiger partial charge < -0.3 is 5.32 Å². The summed E-state index contributed by atoms with van der Waals surface area (Å²) in [6.07, 6.45) is 0.318. The normalized spacial score (nSPS) is 11.6.